The maximum Gasteiger partial charge on any atom is 0.283 e. The van der Waals surface area contributed by atoms with E-state index in [0.717, 1.165) is 27.5 Å². The third kappa shape index (κ3) is 4.35. The maximum absolute atomic E-state index is 13.4. The van der Waals surface area contributed by atoms with Crippen molar-refractivity contribution in [2.75, 3.05) is 10.2 Å². The monoisotopic (exact) mass is 468 g/mol. The molecule has 4 rings (SSSR count). The molecule has 156 valence electrons. The molecule has 3 aromatic carbocycles. The number of hydrogen-bond donors (Lipinski definition) is 1. The van der Waals surface area contributed by atoms with Gasteiger partial charge in [-0.3, -0.25) is 9.59 Å². The van der Waals surface area contributed by atoms with Crippen LogP contribution in [-0.2, 0) is 16.0 Å². The van der Waals surface area contributed by atoms with Gasteiger partial charge in [-0.15, -0.1) is 0 Å². The Labute approximate surface area is 194 Å². The van der Waals surface area contributed by atoms with Crippen LogP contribution in [0.25, 0.3) is 0 Å². The van der Waals surface area contributed by atoms with Gasteiger partial charge in [-0.2, -0.15) is 0 Å². The first kappa shape index (κ1) is 21.5. The Morgan fingerprint density at radius 1 is 0.871 bits per heavy atom. The first-order chi connectivity index (χ1) is 15.0. The average Bonchev–Trinajstić information content (AvgIpc) is 3.01. The van der Waals surface area contributed by atoms with E-state index in [1.165, 1.54) is 17.8 Å². The van der Waals surface area contributed by atoms with E-state index < -0.39 is 11.8 Å². The first-order valence-corrected chi connectivity index (χ1v) is 11.2. The Balaban J connectivity index is 1.77. The highest BCUT2D eigenvalue weighted by Crippen LogP contribution is 2.39. The minimum absolute atomic E-state index is 0.242. The molecule has 1 N–H and O–H groups in total. The Bertz CT molecular complexity index is 1200. The number of carbonyl (C=O) groups is 2. The molecule has 4 nitrogen and oxygen atoms in total. The molecular formula is C24H18Cl2N2O2S. The summed E-state index contributed by atoms with van der Waals surface area (Å²) < 4.78 is 0. The Morgan fingerprint density at radius 2 is 1.58 bits per heavy atom. The Hall–Kier alpha value is -2.73. The number of hydrogen-bond acceptors (Lipinski definition) is 4. The number of amides is 2. The normalized spacial score (nSPS) is 13.8. The number of nitrogens with one attached hydrogen (secondary N) is 1. The quantitative estimate of drug-likeness (QED) is 0.416. The van der Waals surface area contributed by atoms with Crippen LogP contribution in [0.4, 0.5) is 11.4 Å². The van der Waals surface area contributed by atoms with Gasteiger partial charge < -0.3 is 5.32 Å². The van der Waals surface area contributed by atoms with Crippen molar-refractivity contribution in [2.24, 2.45) is 0 Å². The number of halogens is 2. The molecule has 1 aliphatic heterocycles. The SMILES string of the molecule is CCc1ccccc1NC1=C(Sc2ccccc2)C(=O)N(c2ccc(Cl)c(Cl)c2)C1=O. The lowest BCUT2D eigenvalue weighted by Gasteiger charge is -2.16. The van der Waals surface area contributed by atoms with Crippen molar-refractivity contribution in [1.82, 2.24) is 0 Å². The second kappa shape index (κ2) is 9.18. The van der Waals surface area contributed by atoms with Gasteiger partial charge in [0, 0.05) is 10.6 Å². The van der Waals surface area contributed by atoms with Gasteiger partial charge in [-0.1, -0.05) is 78.3 Å². The summed E-state index contributed by atoms with van der Waals surface area (Å²) in [4.78, 5) is 29.1. The minimum atomic E-state index is -0.437. The number of carbonyl (C=O) groups excluding carboxylic acids is 2. The van der Waals surface area contributed by atoms with Crippen molar-refractivity contribution in [3.8, 4) is 0 Å². The highest BCUT2D eigenvalue weighted by Gasteiger charge is 2.40. The number of imide groups is 1. The summed E-state index contributed by atoms with van der Waals surface area (Å²) in [7, 11) is 0. The molecule has 0 spiro atoms. The molecular weight excluding hydrogens is 451 g/mol. The molecule has 0 atom stereocenters. The fourth-order valence-corrected chi connectivity index (χ4v) is 4.51. The van der Waals surface area contributed by atoms with Gasteiger partial charge in [-0.05, 0) is 48.4 Å². The van der Waals surface area contributed by atoms with E-state index in [1.54, 1.807) is 12.1 Å². The van der Waals surface area contributed by atoms with Gasteiger partial charge in [0.1, 0.15) is 10.6 Å². The van der Waals surface area contributed by atoms with E-state index in [2.05, 4.69) is 5.32 Å². The van der Waals surface area contributed by atoms with Gasteiger partial charge in [0.2, 0.25) is 0 Å². The van der Waals surface area contributed by atoms with Crippen molar-refractivity contribution >= 4 is 58.2 Å². The van der Waals surface area contributed by atoms with Crippen LogP contribution in [0.2, 0.25) is 10.0 Å². The number of thioether (sulfide) groups is 1. The molecule has 0 unspecified atom stereocenters. The molecule has 0 saturated carbocycles. The predicted octanol–water partition coefficient (Wildman–Crippen LogP) is 6.55. The lowest BCUT2D eigenvalue weighted by Crippen LogP contribution is -2.32. The van der Waals surface area contributed by atoms with Crippen LogP contribution >= 0.6 is 35.0 Å². The van der Waals surface area contributed by atoms with Gasteiger partial charge in [-0.25, -0.2) is 4.90 Å². The van der Waals surface area contributed by atoms with Crippen LogP contribution in [0.15, 0.2) is 88.3 Å². The smallest absolute Gasteiger partial charge is 0.283 e. The molecule has 3 aromatic rings. The zero-order chi connectivity index (χ0) is 22.0. The van der Waals surface area contributed by atoms with E-state index in [-0.39, 0.29) is 10.7 Å². The minimum Gasteiger partial charge on any atom is -0.350 e. The summed E-state index contributed by atoms with van der Waals surface area (Å²) >= 11 is 13.4. The van der Waals surface area contributed by atoms with Gasteiger partial charge in [0.05, 0.1) is 15.7 Å². The third-order valence-electron chi connectivity index (χ3n) is 4.82. The molecule has 0 fully saturated rings. The summed E-state index contributed by atoms with van der Waals surface area (Å²) in [6.07, 6.45) is 0.788. The van der Waals surface area contributed by atoms with Crippen molar-refractivity contribution < 1.29 is 9.59 Å². The zero-order valence-electron chi connectivity index (χ0n) is 16.6. The molecule has 0 aromatic heterocycles. The van der Waals surface area contributed by atoms with Crippen molar-refractivity contribution in [2.45, 2.75) is 18.2 Å². The zero-order valence-corrected chi connectivity index (χ0v) is 18.9. The number of anilines is 2. The number of para-hydroxylation sites is 1. The highest BCUT2D eigenvalue weighted by molar-refractivity contribution is 8.04. The van der Waals surface area contributed by atoms with Crippen LogP contribution in [0.3, 0.4) is 0 Å². The number of rotatable bonds is 6. The molecule has 0 aliphatic carbocycles. The highest BCUT2D eigenvalue weighted by atomic mass is 35.5. The van der Waals surface area contributed by atoms with Crippen LogP contribution in [0, 0.1) is 0 Å². The third-order valence-corrected chi connectivity index (χ3v) is 6.65. The molecule has 1 heterocycles. The first-order valence-electron chi connectivity index (χ1n) is 9.65. The largest absolute Gasteiger partial charge is 0.350 e. The molecule has 0 radical (unpaired) electrons. The van der Waals surface area contributed by atoms with Gasteiger partial charge in [0.15, 0.2) is 0 Å². The number of aryl methyl sites for hydroxylation is 1. The number of nitrogens with zero attached hydrogens (tertiary/aromatic N) is 1. The molecule has 2 amide bonds. The summed E-state index contributed by atoms with van der Waals surface area (Å²) in [5, 5.41) is 3.85. The van der Waals surface area contributed by atoms with E-state index in [9.17, 15) is 9.59 Å². The summed E-state index contributed by atoms with van der Waals surface area (Å²) in [6, 6.07) is 21.9. The number of benzene rings is 3. The standard InChI is InChI=1S/C24H18Cl2N2O2S/c1-2-15-8-6-7-11-20(15)27-21-22(31-17-9-4-3-5-10-17)24(30)28(23(21)29)16-12-13-18(25)19(26)14-16/h3-14,27H,2H2,1H3. The van der Waals surface area contributed by atoms with Gasteiger partial charge in [0.25, 0.3) is 11.8 Å². The predicted molar refractivity (Wildman–Crippen MR) is 128 cm³/mol. The van der Waals surface area contributed by atoms with Crippen molar-refractivity contribution in [3.05, 3.63) is 99.0 Å². The molecule has 7 heteroatoms. The van der Waals surface area contributed by atoms with Gasteiger partial charge >= 0.3 is 0 Å². The lowest BCUT2D eigenvalue weighted by molar-refractivity contribution is -0.120. The second-order valence-corrected chi connectivity index (χ2v) is 8.70. The van der Waals surface area contributed by atoms with Crippen molar-refractivity contribution in [3.63, 3.8) is 0 Å². The van der Waals surface area contributed by atoms with E-state index >= 15 is 0 Å². The topological polar surface area (TPSA) is 49.4 Å². The molecule has 1 aliphatic rings. The Morgan fingerprint density at radius 3 is 2.29 bits per heavy atom. The van der Waals surface area contributed by atoms with E-state index in [0.29, 0.717) is 15.6 Å². The summed E-state index contributed by atoms with van der Waals surface area (Å²) in [6.45, 7) is 2.04. The van der Waals surface area contributed by atoms with Crippen LogP contribution < -0.4 is 10.2 Å². The fraction of sp³-hybridized carbons (Fsp3) is 0.0833. The fourth-order valence-electron chi connectivity index (χ4n) is 3.26. The lowest BCUT2D eigenvalue weighted by atomic mass is 10.1. The van der Waals surface area contributed by atoms with Crippen molar-refractivity contribution in [1.29, 1.82) is 0 Å². The summed E-state index contributed by atoms with van der Waals surface area (Å²) in [5.74, 6) is -0.846. The summed E-state index contributed by atoms with van der Waals surface area (Å²) in [5.41, 5.74) is 2.46. The van der Waals surface area contributed by atoms with Crippen LogP contribution in [0.5, 0.6) is 0 Å². The van der Waals surface area contributed by atoms with E-state index in [1.807, 2.05) is 61.5 Å². The average molecular weight is 469 g/mol. The maximum atomic E-state index is 13.4. The van der Waals surface area contributed by atoms with Crippen LogP contribution in [-0.4, -0.2) is 11.8 Å². The van der Waals surface area contributed by atoms with Crippen LogP contribution in [0.1, 0.15) is 12.5 Å². The Kier molecular flexibility index (Phi) is 6.37. The van der Waals surface area contributed by atoms with E-state index in [4.69, 9.17) is 23.2 Å². The molecule has 0 saturated heterocycles. The second-order valence-electron chi connectivity index (χ2n) is 6.80. The molecule has 31 heavy (non-hydrogen) atoms. The molecule has 0 bridgehead atoms.